The Morgan fingerprint density at radius 2 is 1.69 bits per heavy atom. The molecule has 1 amide bonds. The lowest BCUT2D eigenvalue weighted by Crippen LogP contribution is -2.21. The molecule has 8 heteroatoms. The largest absolute Gasteiger partial charge is 0.489 e. The molecule has 0 radical (unpaired) electrons. The van der Waals surface area contributed by atoms with E-state index in [0.717, 1.165) is 5.39 Å². The first-order valence-electron chi connectivity index (χ1n) is 9.61. The Hall–Kier alpha value is -3.48. The molecule has 4 rings (SSSR count). The number of esters is 1. The van der Waals surface area contributed by atoms with Gasteiger partial charge in [-0.1, -0.05) is 59.6 Å². The average molecular weight is 470 g/mol. The van der Waals surface area contributed by atoms with Crippen LogP contribution in [-0.2, 0) is 16.1 Å². The van der Waals surface area contributed by atoms with Crippen molar-refractivity contribution in [2.75, 3.05) is 11.9 Å². The Balaban J connectivity index is 1.47. The number of halogens is 2. The molecule has 0 atom stereocenters. The number of rotatable bonds is 7. The minimum Gasteiger partial charge on any atom is -0.489 e. The highest BCUT2D eigenvalue weighted by Gasteiger charge is 2.23. The Kier molecular flexibility index (Phi) is 6.63. The van der Waals surface area contributed by atoms with Crippen molar-refractivity contribution in [3.05, 3.63) is 94.2 Å². The quantitative estimate of drug-likeness (QED) is 0.330. The van der Waals surface area contributed by atoms with Gasteiger partial charge in [0.1, 0.15) is 17.9 Å². The predicted molar refractivity (Wildman–Crippen MR) is 122 cm³/mol. The van der Waals surface area contributed by atoms with Gasteiger partial charge in [0, 0.05) is 10.4 Å². The third-order valence-electron chi connectivity index (χ3n) is 4.55. The molecule has 4 aromatic rings. The highest BCUT2D eigenvalue weighted by atomic mass is 35.5. The maximum atomic E-state index is 12.7. The van der Waals surface area contributed by atoms with Crippen LogP contribution in [0.4, 0.5) is 5.69 Å². The van der Waals surface area contributed by atoms with Crippen LogP contribution in [0.3, 0.4) is 0 Å². The smallest absolute Gasteiger partial charge is 0.375 e. The molecule has 3 aromatic carbocycles. The molecule has 1 N–H and O–H groups in total. The van der Waals surface area contributed by atoms with E-state index in [9.17, 15) is 9.59 Å². The molecule has 162 valence electrons. The van der Waals surface area contributed by atoms with Gasteiger partial charge in [0.05, 0.1) is 16.3 Å². The fourth-order valence-electron chi connectivity index (χ4n) is 3.05. The van der Waals surface area contributed by atoms with Crippen molar-refractivity contribution < 1.29 is 23.5 Å². The number of amides is 1. The zero-order valence-corrected chi connectivity index (χ0v) is 18.2. The van der Waals surface area contributed by atoms with Gasteiger partial charge in [-0.15, -0.1) is 0 Å². The topological polar surface area (TPSA) is 77.8 Å². The van der Waals surface area contributed by atoms with E-state index in [1.165, 1.54) is 6.07 Å². The first-order chi connectivity index (χ1) is 15.5. The zero-order valence-electron chi connectivity index (χ0n) is 16.6. The SMILES string of the molecule is O=C(COC(=O)c1oc2ccccc2c1COc1ccccc1)Nc1ccc(Cl)cc1Cl. The molecule has 0 saturated heterocycles. The van der Waals surface area contributed by atoms with Crippen LogP contribution in [0.1, 0.15) is 16.1 Å². The van der Waals surface area contributed by atoms with E-state index in [2.05, 4.69) is 5.32 Å². The van der Waals surface area contributed by atoms with Crippen molar-refractivity contribution in [1.82, 2.24) is 0 Å². The van der Waals surface area contributed by atoms with Crippen LogP contribution in [0.2, 0.25) is 10.0 Å². The lowest BCUT2D eigenvalue weighted by molar-refractivity contribution is -0.119. The third kappa shape index (κ3) is 5.04. The van der Waals surface area contributed by atoms with Gasteiger partial charge in [0.2, 0.25) is 5.76 Å². The van der Waals surface area contributed by atoms with Gasteiger partial charge in [-0.2, -0.15) is 0 Å². The number of furan rings is 1. The number of hydrogen-bond acceptors (Lipinski definition) is 5. The van der Waals surface area contributed by atoms with E-state index in [1.54, 1.807) is 24.3 Å². The van der Waals surface area contributed by atoms with Gasteiger partial charge < -0.3 is 19.2 Å². The maximum absolute atomic E-state index is 12.7. The van der Waals surface area contributed by atoms with Crippen molar-refractivity contribution in [3.8, 4) is 5.75 Å². The molecule has 32 heavy (non-hydrogen) atoms. The lowest BCUT2D eigenvalue weighted by Gasteiger charge is -2.09. The summed E-state index contributed by atoms with van der Waals surface area (Å²) in [5.74, 6) is -0.693. The number of benzene rings is 3. The molecule has 0 unspecified atom stereocenters. The fourth-order valence-corrected chi connectivity index (χ4v) is 3.51. The normalized spacial score (nSPS) is 10.7. The number of anilines is 1. The molecule has 0 saturated carbocycles. The van der Waals surface area contributed by atoms with E-state index in [1.807, 2.05) is 42.5 Å². The fraction of sp³-hybridized carbons (Fsp3) is 0.0833. The molecule has 0 aliphatic rings. The molecule has 0 aliphatic heterocycles. The monoisotopic (exact) mass is 469 g/mol. The number of fused-ring (bicyclic) bond motifs is 1. The minimum atomic E-state index is -0.773. The summed E-state index contributed by atoms with van der Waals surface area (Å²) in [5, 5.41) is 4.01. The zero-order chi connectivity index (χ0) is 22.5. The van der Waals surface area contributed by atoms with Crippen LogP contribution in [0, 0.1) is 0 Å². The van der Waals surface area contributed by atoms with Gasteiger partial charge in [-0.25, -0.2) is 4.79 Å². The number of para-hydroxylation sites is 2. The van der Waals surface area contributed by atoms with Gasteiger partial charge in [0.25, 0.3) is 5.91 Å². The summed E-state index contributed by atoms with van der Waals surface area (Å²) < 4.78 is 16.7. The Bertz CT molecular complexity index is 1270. The van der Waals surface area contributed by atoms with E-state index >= 15 is 0 Å². The van der Waals surface area contributed by atoms with Crippen LogP contribution in [-0.4, -0.2) is 18.5 Å². The summed E-state index contributed by atoms with van der Waals surface area (Å²) in [4.78, 5) is 24.9. The van der Waals surface area contributed by atoms with Crippen molar-refractivity contribution in [2.24, 2.45) is 0 Å². The molecule has 0 aliphatic carbocycles. The van der Waals surface area contributed by atoms with Crippen LogP contribution in [0.5, 0.6) is 5.75 Å². The van der Waals surface area contributed by atoms with Crippen molar-refractivity contribution in [3.63, 3.8) is 0 Å². The second-order valence-corrected chi connectivity index (χ2v) is 7.60. The summed E-state index contributed by atoms with van der Waals surface area (Å²) in [6, 6.07) is 21.1. The minimum absolute atomic E-state index is 0.0144. The highest BCUT2D eigenvalue weighted by Crippen LogP contribution is 2.28. The van der Waals surface area contributed by atoms with Gasteiger partial charge in [0.15, 0.2) is 6.61 Å². The van der Waals surface area contributed by atoms with E-state index in [4.69, 9.17) is 37.1 Å². The number of hydrogen-bond donors (Lipinski definition) is 1. The molecular formula is C24H17Cl2NO5. The van der Waals surface area contributed by atoms with Crippen LogP contribution < -0.4 is 10.1 Å². The third-order valence-corrected chi connectivity index (χ3v) is 5.10. The number of ether oxygens (including phenoxy) is 2. The summed E-state index contributed by atoms with van der Waals surface area (Å²) >= 11 is 11.9. The predicted octanol–water partition coefficient (Wildman–Crippen LogP) is 6.11. The molecule has 0 bridgehead atoms. The van der Waals surface area contributed by atoms with Crippen molar-refractivity contribution >= 4 is 51.7 Å². The number of carbonyl (C=O) groups is 2. The van der Waals surface area contributed by atoms with Crippen LogP contribution in [0.25, 0.3) is 11.0 Å². The second-order valence-electron chi connectivity index (χ2n) is 6.76. The van der Waals surface area contributed by atoms with E-state index < -0.39 is 18.5 Å². The van der Waals surface area contributed by atoms with Gasteiger partial charge >= 0.3 is 5.97 Å². The second kappa shape index (κ2) is 9.77. The standard InChI is InChI=1S/C24H17Cl2NO5/c25-15-10-11-20(19(26)12-15)27-22(28)14-31-24(29)23-18(13-30-16-6-2-1-3-7-16)17-8-4-5-9-21(17)32-23/h1-12H,13-14H2,(H,27,28). The van der Waals surface area contributed by atoms with Gasteiger partial charge in [-0.3, -0.25) is 4.79 Å². The average Bonchev–Trinajstić information content (AvgIpc) is 3.17. The molecule has 0 spiro atoms. The summed E-state index contributed by atoms with van der Waals surface area (Å²) in [5.41, 5.74) is 1.41. The summed E-state index contributed by atoms with van der Waals surface area (Å²) in [6.45, 7) is -0.425. The van der Waals surface area contributed by atoms with Crippen molar-refractivity contribution in [1.29, 1.82) is 0 Å². The Labute approximate surface area is 193 Å². The number of nitrogens with one attached hydrogen (secondary N) is 1. The van der Waals surface area contributed by atoms with Crippen LogP contribution in [0.15, 0.2) is 77.2 Å². The summed E-state index contributed by atoms with van der Waals surface area (Å²) in [7, 11) is 0. The first-order valence-corrected chi connectivity index (χ1v) is 10.4. The Morgan fingerprint density at radius 1 is 0.938 bits per heavy atom. The highest BCUT2D eigenvalue weighted by molar-refractivity contribution is 6.36. The molecular weight excluding hydrogens is 453 g/mol. The molecule has 1 heterocycles. The van der Waals surface area contributed by atoms with Gasteiger partial charge in [-0.05, 0) is 36.4 Å². The summed E-state index contributed by atoms with van der Waals surface area (Å²) in [6.07, 6.45) is 0. The first kappa shape index (κ1) is 21.7. The van der Waals surface area contributed by atoms with E-state index in [-0.39, 0.29) is 17.4 Å². The molecule has 6 nitrogen and oxygen atoms in total. The van der Waals surface area contributed by atoms with Crippen molar-refractivity contribution in [2.45, 2.75) is 6.61 Å². The van der Waals surface area contributed by atoms with Crippen LogP contribution >= 0.6 is 23.2 Å². The Morgan fingerprint density at radius 3 is 2.47 bits per heavy atom. The number of carbonyl (C=O) groups excluding carboxylic acids is 2. The molecule has 1 aromatic heterocycles. The molecule has 0 fully saturated rings. The lowest BCUT2D eigenvalue weighted by atomic mass is 10.1. The van der Waals surface area contributed by atoms with E-state index in [0.29, 0.717) is 27.6 Å². The maximum Gasteiger partial charge on any atom is 0.375 e.